The van der Waals surface area contributed by atoms with Crippen molar-refractivity contribution in [1.29, 1.82) is 0 Å². The molecule has 8 heteroatoms. The van der Waals surface area contributed by atoms with Crippen LogP contribution in [-0.2, 0) is 4.79 Å². The number of rotatable bonds is 4. The summed E-state index contributed by atoms with van der Waals surface area (Å²) in [6, 6.07) is 20.5. The Kier molecular flexibility index (Phi) is 5.13. The molecule has 3 aromatic carbocycles. The maximum absolute atomic E-state index is 13.7. The summed E-state index contributed by atoms with van der Waals surface area (Å²) in [5.74, 6) is 0.188. The van der Waals surface area contributed by atoms with Gasteiger partial charge in [-0.15, -0.1) is 0 Å². The molecule has 2 bridgehead atoms. The Labute approximate surface area is 196 Å². The average Bonchev–Trinajstić information content (AvgIpc) is 2.80. The average molecular weight is 464 g/mol. The molecule has 3 atom stereocenters. The molecular weight excluding hydrogens is 442 g/mol. The largest absolute Gasteiger partial charge is 0.497 e. The first-order chi connectivity index (χ1) is 15.9. The van der Waals surface area contributed by atoms with Crippen LogP contribution in [0.4, 0.5) is 16.2 Å². The number of carbonyl (C=O) groups is 2. The lowest BCUT2D eigenvalue weighted by Crippen LogP contribution is -2.72. The van der Waals surface area contributed by atoms with Crippen molar-refractivity contribution in [2.24, 2.45) is 5.92 Å². The molecule has 2 aliphatic heterocycles. The van der Waals surface area contributed by atoms with Crippen LogP contribution in [0.1, 0.15) is 18.5 Å². The van der Waals surface area contributed by atoms with Gasteiger partial charge in [0, 0.05) is 22.0 Å². The van der Waals surface area contributed by atoms with E-state index in [1.807, 2.05) is 30.3 Å². The van der Waals surface area contributed by atoms with Crippen LogP contribution in [0, 0.1) is 5.92 Å². The second-order valence-corrected chi connectivity index (χ2v) is 8.57. The van der Waals surface area contributed by atoms with E-state index in [4.69, 9.17) is 21.1 Å². The number of amides is 3. The van der Waals surface area contributed by atoms with Crippen LogP contribution in [0.3, 0.4) is 0 Å². The zero-order chi connectivity index (χ0) is 23.2. The van der Waals surface area contributed by atoms with Crippen LogP contribution in [-0.4, -0.2) is 24.8 Å². The molecule has 0 radical (unpaired) electrons. The number of hydrogen-bond acceptors (Lipinski definition) is 4. The third-order valence-electron chi connectivity index (χ3n) is 6.11. The van der Waals surface area contributed by atoms with Crippen molar-refractivity contribution >= 4 is 34.9 Å². The van der Waals surface area contributed by atoms with Gasteiger partial charge >= 0.3 is 6.03 Å². The highest BCUT2D eigenvalue weighted by Gasteiger charge is 2.60. The zero-order valence-electron chi connectivity index (χ0n) is 18.0. The highest BCUT2D eigenvalue weighted by Crippen LogP contribution is 2.50. The van der Waals surface area contributed by atoms with Crippen LogP contribution < -0.4 is 25.0 Å². The van der Waals surface area contributed by atoms with Crippen LogP contribution in [0.5, 0.6) is 11.5 Å². The topological polar surface area (TPSA) is 79.9 Å². The molecule has 3 unspecified atom stereocenters. The Balaban J connectivity index is 1.59. The van der Waals surface area contributed by atoms with Crippen molar-refractivity contribution in [3.05, 3.63) is 83.4 Å². The molecule has 168 valence electrons. The van der Waals surface area contributed by atoms with Gasteiger partial charge in [0.05, 0.1) is 13.2 Å². The molecule has 3 amide bonds. The van der Waals surface area contributed by atoms with E-state index in [-0.39, 0.29) is 11.9 Å². The molecular formula is C25H22ClN3O4. The molecule has 3 aromatic rings. The number of benzene rings is 3. The van der Waals surface area contributed by atoms with E-state index in [9.17, 15) is 9.59 Å². The molecule has 1 saturated heterocycles. The molecule has 2 N–H and O–H groups in total. The van der Waals surface area contributed by atoms with Gasteiger partial charge in [-0.2, -0.15) is 0 Å². The highest BCUT2D eigenvalue weighted by molar-refractivity contribution is 6.30. The van der Waals surface area contributed by atoms with Crippen molar-refractivity contribution < 1.29 is 19.1 Å². The van der Waals surface area contributed by atoms with Crippen molar-refractivity contribution in [2.45, 2.75) is 18.7 Å². The summed E-state index contributed by atoms with van der Waals surface area (Å²) in [6.07, 6.45) is 0. The van der Waals surface area contributed by atoms with E-state index in [2.05, 4.69) is 10.6 Å². The lowest BCUT2D eigenvalue weighted by Gasteiger charge is -2.54. The third kappa shape index (κ3) is 3.54. The van der Waals surface area contributed by atoms with E-state index >= 15 is 0 Å². The predicted molar refractivity (Wildman–Crippen MR) is 126 cm³/mol. The summed E-state index contributed by atoms with van der Waals surface area (Å²) in [5.41, 5.74) is 0.606. The molecule has 0 aromatic heterocycles. The zero-order valence-corrected chi connectivity index (χ0v) is 18.8. The lowest BCUT2D eigenvalue weighted by atomic mass is 9.78. The van der Waals surface area contributed by atoms with E-state index in [1.54, 1.807) is 56.5 Å². The minimum absolute atomic E-state index is 0.292. The number of carbonyl (C=O) groups excluding carboxylic acids is 2. The summed E-state index contributed by atoms with van der Waals surface area (Å²) in [6.45, 7) is 1.77. The highest BCUT2D eigenvalue weighted by atomic mass is 35.5. The molecule has 2 aliphatic rings. The van der Waals surface area contributed by atoms with E-state index in [0.29, 0.717) is 33.5 Å². The lowest BCUT2D eigenvalue weighted by molar-refractivity contribution is -0.131. The second kappa shape index (κ2) is 8.01. The molecule has 2 heterocycles. The van der Waals surface area contributed by atoms with Gasteiger partial charge in [0.25, 0.3) is 0 Å². The summed E-state index contributed by atoms with van der Waals surface area (Å²) in [4.78, 5) is 28.4. The standard InChI is InChI=1S/C25H22ClN3O4/c1-25-21(23(30)27-16-9-11-18(32-2)12-10-16)22(19-14-15(26)8-13-20(19)33-25)28-24(31)29(25)17-6-4-3-5-7-17/h3-14,21-22H,1-2H3,(H,27,30)(H,28,31). The van der Waals surface area contributed by atoms with Gasteiger partial charge in [-0.1, -0.05) is 29.8 Å². The fourth-order valence-corrected chi connectivity index (χ4v) is 4.80. The first kappa shape index (κ1) is 21.2. The van der Waals surface area contributed by atoms with Crippen LogP contribution in [0.2, 0.25) is 5.02 Å². The predicted octanol–water partition coefficient (Wildman–Crippen LogP) is 4.98. The maximum atomic E-state index is 13.7. The Hall–Kier alpha value is -3.71. The van der Waals surface area contributed by atoms with Gasteiger partial charge in [-0.25, -0.2) is 4.79 Å². The third-order valence-corrected chi connectivity index (χ3v) is 6.35. The van der Waals surface area contributed by atoms with Crippen LogP contribution in [0.15, 0.2) is 72.8 Å². The summed E-state index contributed by atoms with van der Waals surface area (Å²) >= 11 is 6.24. The van der Waals surface area contributed by atoms with E-state index < -0.39 is 17.7 Å². The fraction of sp³-hybridized carbons (Fsp3) is 0.200. The molecule has 7 nitrogen and oxygen atoms in total. The quantitative estimate of drug-likeness (QED) is 0.571. The van der Waals surface area contributed by atoms with Gasteiger partial charge in [-0.05, 0) is 61.5 Å². The number of fused-ring (bicyclic) bond motifs is 4. The number of urea groups is 1. The number of hydrogen-bond donors (Lipinski definition) is 2. The van der Waals surface area contributed by atoms with Crippen LogP contribution in [0.25, 0.3) is 0 Å². The molecule has 0 saturated carbocycles. The number of para-hydroxylation sites is 1. The van der Waals surface area contributed by atoms with Gasteiger partial charge in [0.15, 0.2) is 0 Å². The van der Waals surface area contributed by atoms with Crippen molar-refractivity contribution in [2.75, 3.05) is 17.3 Å². The van der Waals surface area contributed by atoms with Gasteiger partial charge in [0.2, 0.25) is 11.6 Å². The number of ether oxygens (including phenoxy) is 2. The second-order valence-electron chi connectivity index (χ2n) is 8.13. The normalized spacial score (nSPS) is 23.1. The minimum Gasteiger partial charge on any atom is -0.497 e. The number of nitrogens with one attached hydrogen (secondary N) is 2. The smallest absolute Gasteiger partial charge is 0.325 e. The summed E-state index contributed by atoms with van der Waals surface area (Å²) in [7, 11) is 1.58. The van der Waals surface area contributed by atoms with E-state index in [0.717, 1.165) is 0 Å². The number of nitrogens with zero attached hydrogens (tertiary/aromatic N) is 1. The first-order valence-corrected chi connectivity index (χ1v) is 10.9. The Morgan fingerprint density at radius 2 is 1.85 bits per heavy atom. The first-order valence-electron chi connectivity index (χ1n) is 10.5. The van der Waals surface area contributed by atoms with Gasteiger partial charge in [-0.3, -0.25) is 9.69 Å². The molecule has 33 heavy (non-hydrogen) atoms. The summed E-state index contributed by atoms with van der Waals surface area (Å²) < 4.78 is 11.6. The monoisotopic (exact) mass is 463 g/mol. The maximum Gasteiger partial charge on any atom is 0.325 e. The van der Waals surface area contributed by atoms with E-state index in [1.165, 1.54) is 4.90 Å². The van der Waals surface area contributed by atoms with Crippen molar-refractivity contribution in [1.82, 2.24) is 5.32 Å². The molecule has 0 spiro atoms. The number of methoxy groups -OCH3 is 1. The molecule has 5 rings (SSSR count). The molecule has 0 aliphatic carbocycles. The Morgan fingerprint density at radius 3 is 2.55 bits per heavy atom. The fourth-order valence-electron chi connectivity index (χ4n) is 4.61. The summed E-state index contributed by atoms with van der Waals surface area (Å²) in [5, 5.41) is 6.47. The SMILES string of the molecule is COc1ccc(NC(=O)C2C3NC(=O)N(c4ccccc4)C2(C)Oc2ccc(Cl)cc23)cc1. The number of anilines is 2. The van der Waals surface area contributed by atoms with Crippen LogP contribution >= 0.6 is 11.6 Å². The van der Waals surface area contributed by atoms with Gasteiger partial charge in [0.1, 0.15) is 17.4 Å². The van der Waals surface area contributed by atoms with Gasteiger partial charge < -0.3 is 20.1 Å². The van der Waals surface area contributed by atoms with Crippen molar-refractivity contribution in [3.63, 3.8) is 0 Å². The Morgan fingerprint density at radius 1 is 1.12 bits per heavy atom. The van der Waals surface area contributed by atoms with Crippen molar-refractivity contribution in [3.8, 4) is 11.5 Å². The molecule has 1 fully saturated rings. The number of halogens is 1. The minimum atomic E-state index is -1.29. The Bertz CT molecular complexity index is 1220.